The Bertz CT molecular complexity index is 1130. The van der Waals surface area contributed by atoms with E-state index in [0.717, 1.165) is 11.3 Å². The molecule has 2 aromatic heterocycles. The molecule has 1 aromatic carbocycles. The zero-order valence-corrected chi connectivity index (χ0v) is 17.5. The lowest BCUT2D eigenvalue weighted by atomic mass is 10.1. The smallest absolute Gasteiger partial charge is 0.295 e. The van der Waals surface area contributed by atoms with E-state index < -0.39 is 11.7 Å². The molecule has 4 rings (SSSR count). The molecule has 1 saturated heterocycles. The van der Waals surface area contributed by atoms with Crippen LogP contribution in [0.4, 0.5) is 5.82 Å². The largest absolute Gasteiger partial charge is 0.487 e. The van der Waals surface area contributed by atoms with Crippen molar-refractivity contribution in [2.75, 3.05) is 18.4 Å². The Morgan fingerprint density at radius 2 is 2.07 bits per heavy atom. The van der Waals surface area contributed by atoms with Gasteiger partial charge in [-0.1, -0.05) is 17.7 Å². The van der Waals surface area contributed by atoms with Crippen LogP contribution in [0.25, 0.3) is 10.9 Å². The van der Waals surface area contributed by atoms with Crippen molar-refractivity contribution in [1.29, 1.82) is 0 Å². The molecule has 30 heavy (non-hydrogen) atoms. The van der Waals surface area contributed by atoms with Crippen LogP contribution in [0.15, 0.2) is 49.1 Å². The first kappa shape index (κ1) is 19.9. The normalized spacial score (nSPS) is 14.1. The van der Waals surface area contributed by atoms with E-state index in [1.54, 1.807) is 6.20 Å². The quantitative estimate of drug-likeness (QED) is 0.316. The second-order valence-corrected chi connectivity index (χ2v) is 7.73. The Balaban J connectivity index is 1.46. The summed E-state index contributed by atoms with van der Waals surface area (Å²) in [5, 5.41) is 4.29. The standard InChI is InChI=1S/C21H22N5O3P/c1-12-2-4-13(5-3-12)29-14-10-26(11-14)21(28)19(27)15-8-24-18-17(15)16(30)9-25-20(18)23-7-6-22/h2-9,14,24H,10-11,22,30H2,1H3,(H,23,25)/b7-6-. The van der Waals surface area contributed by atoms with Gasteiger partial charge in [0.15, 0.2) is 5.82 Å². The van der Waals surface area contributed by atoms with Crippen LogP contribution in [0, 0.1) is 6.92 Å². The van der Waals surface area contributed by atoms with Gasteiger partial charge in [0.25, 0.3) is 11.7 Å². The molecule has 4 N–H and O–H groups in total. The molecule has 154 valence electrons. The number of aryl methyl sites for hydroxylation is 1. The van der Waals surface area contributed by atoms with Gasteiger partial charge in [0.2, 0.25) is 0 Å². The van der Waals surface area contributed by atoms with Crippen LogP contribution in [0.2, 0.25) is 0 Å². The highest BCUT2D eigenvalue weighted by Crippen LogP contribution is 2.25. The molecule has 1 atom stereocenters. The fourth-order valence-corrected chi connectivity index (χ4v) is 3.71. The van der Waals surface area contributed by atoms with E-state index in [-0.39, 0.29) is 6.10 Å². The van der Waals surface area contributed by atoms with E-state index in [9.17, 15) is 9.59 Å². The number of ether oxygens (including phenoxy) is 1. The number of benzene rings is 1. The van der Waals surface area contributed by atoms with E-state index in [4.69, 9.17) is 10.5 Å². The van der Waals surface area contributed by atoms with Crippen LogP contribution in [-0.2, 0) is 4.79 Å². The first-order valence-corrected chi connectivity index (χ1v) is 10.0. The summed E-state index contributed by atoms with van der Waals surface area (Å²) in [7, 11) is 2.55. The van der Waals surface area contributed by atoms with Gasteiger partial charge in [-0.2, -0.15) is 0 Å². The van der Waals surface area contributed by atoms with Crippen LogP contribution in [0.5, 0.6) is 5.75 Å². The predicted molar refractivity (Wildman–Crippen MR) is 119 cm³/mol. The van der Waals surface area contributed by atoms with Crippen molar-refractivity contribution in [2.45, 2.75) is 13.0 Å². The number of H-pyrrole nitrogens is 1. The number of aromatic nitrogens is 2. The number of aromatic amines is 1. The molecule has 0 radical (unpaired) electrons. The Morgan fingerprint density at radius 1 is 1.33 bits per heavy atom. The number of nitrogens with two attached hydrogens (primary N) is 1. The number of amides is 1. The van der Waals surface area contributed by atoms with Crippen LogP contribution in [-0.4, -0.2) is 45.8 Å². The predicted octanol–water partition coefficient (Wildman–Crippen LogP) is 1.69. The first-order chi connectivity index (χ1) is 14.5. The maximum absolute atomic E-state index is 12.9. The fourth-order valence-electron chi connectivity index (χ4n) is 3.34. The molecule has 1 aliphatic rings. The molecule has 9 heteroatoms. The van der Waals surface area contributed by atoms with Gasteiger partial charge in [0.05, 0.1) is 24.2 Å². The first-order valence-electron chi connectivity index (χ1n) is 9.43. The molecule has 1 aliphatic heterocycles. The minimum absolute atomic E-state index is 0.118. The number of ketones is 1. The summed E-state index contributed by atoms with van der Waals surface area (Å²) < 4.78 is 5.85. The van der Waals surface area contributed by atoms with Gasteiger partial charge in [-0.25, -0.2) is 4.98 Å². The number of fused-ring (bicyclic) bond motifs is 1. The van der Waals surface area contributed by atoms with Crippen molar-refractivity contribution in [3.63, 3.8) is 0 Å². The van der Waals surface area contributed by atoms with E-state index in [1.165, 1.54) is 23.5 Å². The maximum atomic E-state index is 12.9. The number of likely N-dealkylation sites (tertiary alicyclic amines) is 1. The average Bonchev–Trinajstić information content (AvgIpc) is 3.16. The van der Waals surface area contributed by atoms with E-state index in [1.807, 2.05) is 31.2 Å². The zero-order valence-electron chi connectivity index (χ0n) is 16.4. The van der Waals surface area contributed by atoms with Crippen LogP contribution < -0.4 is 21.1 Å². The van der Waals surface area contributed by atoms with Gasteiger partial charge in [-0.05, 0) is 24.4 Å². The number of anilines is 1. The van der Waals surface area contributed by atoms with Crippen molar-refractivity contribution in [3.05, 3.63) is 60.2 Å². The summed E-state index contributed by atoms with van der Waals surface area (Å²) in [5.74, 6) is 0.162. The summed E-state index contributed by atoms with van der Waals surface area (Å²) in [6.07, 6.45) is 5.92. The van der Waals surface area contributed by atoms with Crippen LogP contribution in [0.3, 0.4) is 0 Å². The number of carbonyl (C=O) groups is 2. The molecule has 3 heterocycles. The van der Waals surface area contributed by atoms with Crippen molar-refractivity contribution in [2.24, 2.45) is 5.73 Å². The van der Waals surface area contributed by atoms with Gasteiger partial charge in [-0.3, -0.25) is 9.59 Å². The SMILES string of the molecule is Cc1ccc(OC2CN(C(=O)C(=O)c3c[nH]c4c(N/C=C\N)ncc(P)c34)C2)cc1. The minimum atomic E-state index is -0.565. The summed E-state index contributed by atoms with van der Waals surface area (Å²) >= 11 is 0. The Morgan fingerprint density at radius 3 is 2.77 bits per heavy atom. The molecule has 0 saturated carbocycles. The summed E-state index contributed by atoms with van der Waals surface area (Å²) in [5.41, 5.74) is 7.45. The van der Waals surface area contributed by atoms with Gasteiger partial charge < -0.3 is 25.7 Å². The number of Topliss-reactive ketones (excluding diaryl/α,β-unsaturated/α-hetero) is 1. The third-order valence-corrected chi connectivity index (χ3v) is 5.39. The molecule has 1 amide bonds. The van der Waals surface area contributed by atoms with E-state index >= 15 is 0 Å². The fraction of sp³-hybridized carbons (Fsp3) is 0.190. The van der Waals surface area contributed by atoms with Gasteiger partial charge in [0.1, 0.15) is 11.9 Å². The number of carbonyl (C=O) groups excluding carboxylic acids is 2. The molecule has 0 aliphatic carbocycles. The average molecular weight is 423 g/mol. The number of rotatable bonds is 6. The van der Waals surface area contributed by atoms with Crippen molar-refractivity contribution < 1.29 is 14.3 Å². The highest BCUT2D eigenvalue weighted by molar-refractivity contribution is 7.28. The second-order valence-electron chi connectivity index (χ2n) is 7.11. The van der Waals surface area contributed by atoms with Crippen molar-refractivity contribution in [1.82, 2.24) is 14.9 Å². The third kappa shape index (κ3) is 3.74. The number of nitrogens with zero attached hydrogens (tertiary/aromatic N) is 2. The summed E-state index contributed by atoms with van der Waals surface area (Å²) in [6.45, 7) is 2.77. The molecular formula is C21H22N5O3P. The lowest BCUT2D eigenvalue weighted by molar-refractivity contribution is -0.134. The van der Waals surface area contributed by atoms with Crippen molar-refractivity contribution >= 4 is 43.0 Å². The van der Waals surface area contributed by atoms with Crippen molar-refractivity contribution in [3.8, 4) is 5.75 Å². The molecule has 0 bridgehead atoms. The molecule has 1 unspecified atom stereocenters. The Hall–Kier alpha value is -3.38. The summed E-state index contributed by atoms with van der Waals surface area (Å²) in [6, 6.07) is 7.74. The lowest BCUT2D eigenvalue weighted by Crippen LogP contribution is -2.57. The Labute approximate surface area is 175 Å². The Kier molecular flexibility index (Phi) is 5.42. The summed E-state index contributed by atoms with van der Waals surface area (Å²) in [4.78, 5) is 34.4. The number of hydrogen-bond donors (Lipinski definition) is 3. The van der Waals surface area contributed by atoms with E-state index in [0.29, 0.717) is 40.7 Å². The topological polar surface area (TPSA) is 113 Å². The van der Waals surface area contributed by atoms with E-state index in [2.05, 4.69) is 24.5 Å². The van der Waals surface area contributed by atoms with Gasteiger partial charge in [-0.15, -0.1) is 9.24 Å². The number of nitrogens with one attached hydrogen (secondary N) is 2. The molecule has 1 fully saturated rings. The molecule has 0 spiro atoms. The minimum Gasteiger partial charge on any atom is -0.487 e. The molecular weight excluding hydrogens is 401 g/mol. The maximum Gasteiger partial charge on any atom is 0.295 e. The van der Waals surface area contributed by atoms with Gasteiger partial charge in [0, 0.05) is 30.2 Å². The van der Waals surface area contributed by atoms with Crippen LogP contribution in [0.1, 0.15) is 15.9 Å². The van der Waals surface area contributed by atoms with Crippen LogP contribution >= 0.6 is 9.24 Å². The molecule has 3 aromatic rings. The molecule has 8 nitrogen and oxygen atoms in total. The number of pyridine rings is 1. The second kappa shape index (κ2) is 8.16. The highest BCUT2D eigenvalue weighted by atomic mass is 31.0. The lowest BCUT2D eigenvalue weighted by Gasteiger charge is -2.38. The number of hydrogen-bond acceptors (Lipinski definition) is 6. The highest BCUT2D eigenvalue weighted by Gasteiger charge is 2.36. The monoisotopic (exact) mass is 423 g/mol. The zero-order chi connectivity index (χ0) is 21.3. The third-order valence-electron chi connectivity index (χ3n) is 4.95. The van der Waals surface area contributed by atoms with Gasteiger partial charge >= 0.3 is 0 Å².